The molecule has 2 aliphatic rings. The van der Waals surface area contributed by atoms with Gasteiger partial charge in [-0.25, -0.2) is 0 Å². The summed E-state index contributed by atoms with van der Waals surface area (Å²) >= 11 is 0. The first-order valence-corrected chi connectivity index (χ1v) is 9.98. The van der Waals surface area contributed by atoms with E-state index in [1.807, 2.05) is 18.2 Å². The molecule has 2 aromatic carbocycles. The normalized spacial score (nSPS) is 26.8. The van der Waals surface area contributed by atoms with Crippen LogP contribution in [0.2, 0.25) is 0 Å². The lowest BCUT2D eigenvalue weighted by Gasteiger charge is -2.52. The van der Waals surface area contributed by atoms with Crippen LogP contribution in [0, 0.1) is 0 Å². The van der Waals surface area contributed by atoms with E-state index >= 15 is 0 Å². The summed E-state index contributed by atoms with van der Waals surface area (Å²) in [7, 11) is 4.77. The molecule has 2 bridgehead atoms. The van der Waals surface area contributed by atoms with Gasteiger partial charge in [-0.3, -0.25) is 4.90 Å². The van der Waals surface area contributed by atoms with Crippen molar-refractivity contribution in [3.63, 3.8) is 0 Å². The predicted molar refractivity (Wildman–Crippen MR) is 110 cm³/mol. The molecule has 2 aromatic rings. The Bertz CT molecular complexity index is 801. The minimum absolute atomic E-state index is 0.145. The fourth-order valence-electron chi connectivity index (χ4n) is 4.68. The van der Waals surface area contributed by atoms with E-state index in [1.165, 1.54) is 5.56 Å². The Morgan fingerprint density at radius 3 is 2.07 bits per heavy atom. The molecule has 0 radical (unpaired) electrons. The highest BCUT2D eigenvalue weighted by Gasteiger charge is 2.47. The molecule has 2 heterocycles. The first-order chi connectivity index (χ1) is 14.1. The zero-order chi connectivity index (χ0) is 20.4. The van der Waals surface area contributed by atoms with Crippen molar-refractivity contribution in [1.82, 2.24) is 4.90 Å². The SMILES string of the molecule is COc1cc(C2(O)CC3COCC(C2)N3Cc2ccccc2)cc(OC)c1OC. The molecule has 2 fully saturated rings. The van der Waals surface area contributed by atoms with E-state index in [2.05, 4.69) is 29.2 Å². The number of piperidine rings is 1. The van der Waals surface area contributed by atoms with Gasteiger partial charge in [0.05, 0.1) is 40.1 Å². The monoisotopic (exact) mass is 399 g/mol. The Balaban J connectivity index is 1.63. The first kappa shape index (κ1) is 20.0. The lowest BCUT2D eigenvalue weighted by atomic mass is 9.76. The second-order valence-electron chi connectivity index (χ2n) is 7.86. The van der Waals surface area contributed by atoms with Crippen LogP contribution in [0.4, 0.5) is 0 Å². The number of nitrogens with zero attached hydrogens (tertiary/aromatic N) is 1. The van der Waals surface area contributed by atoms with E-state index in [4.69, 9.17) is 18.9 Å². The number of methoxy groups -OCH3 is 3. The van der Waals surface area contributed by atoms with Crippen LogP contribution >= 0.6 is 0 Å². The zero-order valence-electron chi connectivity index (χ0n) is 17.3. The van der Waals surface area contributed by atoms with E-state index in [1.54, 1.807) is 21.3 Å². The average Bonchev–Trinajstić information content (AvgIpc) is 2.74. The van der Waals surface area contributed by atoms with Crippen molar-refractivity contribution >= 4 is 0 Å². The molecule has 0 aliphatic carbocycles. The summed E-state index contributed by atoms with van der Waals surface area (Å²) in [6.45, 7) is 2.11. The van der Waals surface area contributed by atoms with E-state index < -0.39 is 5.60 Å². The lowest BCUT2D eigenvalue weighted by molar-refractivity contribution is -0.149. The van der Waals surface area contributed by atoms with E-state index in [-0.39, 0.29) is 12.1 Å². The molecule has 6 nitrogen and oxygen atoms in total. The van der Waals surface area contributed by atoms with Gasteiger partial charge in [0.25, 0.3) is 0 Å². The number of benzene rings is 2. The first-order valence-electron chi connectivity index (χ1n) is 9.98. The number of fused-ring (bicyclic) bond motifs is 2. The second kappa shape index (κ2) is 8.22. The van der Waals surface area contributed by atoms with Crippen molar-refractivity contribution in [2.75, 3.05) is 34.5 Å². The standard InChI is InChI=1S/C23H29NO5/c1-26-20-9-17(10-21(27-2)22(20)28-3)23(25)11-18-14-29-15-19(12-23)24(18)13-16-7-5-4-6-8-16/h4-10,18-19,25H,11-15H2,1-3H3. The van der Waals surface area contributed by atoms with Gasteiger partial charge >= 0.3 is 0 Å². The van der Waals surface area contributed by atoms with Crippen molar-refractivity contribution in [2.45, 2.75) is 37.1 Å². The lowest BCUT2D eigenvalue weighted by Crippen LogP contribution is -2.60. The van der Waals surface area contributed by atoms with Crippen LogP contribution in [0.5, 0.6) is 17.2 Å². The van der Waals surface area contributed by atoms with Gasteiger partial charge in [-0.05, 0) is 36.1 Å². The minimum Gasteiger partial charge on any atom is -0.493 e. The van der Waals surface area contributed by atoms with E-state index in [0.717, 1.165) is 12.1 Å². The molecule has 29 heavy (non-hydrogen) atoms. The number of hydrogen-bond acceptors (Lipinski definition) is 6. The number of morpholine rings is 1. The largest absolute Gasteiger partial charge is 0.493 e. The summed E-state index contributed by atoms with van der Waals surface area (Å²) < 4.78 is 22.3. The summed E-state index contributed by atoms with van der Waals surface area (Å²) in [6, 6.07) is 14.5. The van der Waals surface area contributed by atoms with Crippen molar-refractivity contribution in [3.05, 3.63) is 53.6 Å². The maximum atomic E-state index is 11.7. The van der Waals surface area contributed by atoms with Crippen molar-refractivity contribution in [2.24, 2.45) is 0 Å². The fraction of sp³-hybridized carbons (Fsp3) is 0.478. The number of ether oxygens (including phenoxy) is 4. The smallest absolute Gasteiger partial charge is 0.203 e. The Hall–Kier alpha value is -2.28. The zero-order valence-corrected chi connectivity index (χ0v) is 17.3. The average molecular weight is 399 g/mol. The highest BCUT2D eigenvalue weighted by molar-refractivity contribution is 5.55. The van der Waals surface area contributed by atoms with Gasteiger partial charge in [-0.2, -0.15) is 0 Å². The van der Waals surface area contributed by atoms with Gasteiger partial charge in [0, 0.05) is 18.6 Å². The summed E-state index contributed by atoms with van der Waals surface area (Å²) in [6.07, 6.45) is 1.18. The molecular weight excluding hydrogens is 370 g/mol. The summed E-state index contributed by atoms with van der Waals surface area (Å²) in [5.74, 6) is 1.65. The Kier molecular flexibility index (Phi) is 5.67. The van der Waals surface area contributed by atoms with Crippen molar-refractivity contribution in [1.29, 1.82) is 0 Å². The molecule has 156 valence electrons. The highest BCUT2D eigenvalue weighted by atomic mass is 16.5. The summed E-state index contributed by atoms with van der Waals surface area (Å²) in [4.78, 5) is 2.48. The quantitative estimate of drug-likeness (QED) is 0.806. The van der Waals surface area contributed by atoms with Crippen LogP contribution in [-0.4, -0.2) is 56.6 Å². The number of aliphatic hydroxyl groups is 1. The van der Waals surface area contributed by atoms with Crippen LogP contribution < -0.4 is 14.2 Å². The van der Waals surface area contributed by atoms with Crippen molar-refractivity contribution < 1.29 is 24.1 Å². The molecule has 1 N–H and O–H groups in total. The maximum Gasteiger partial charge on any atom is 0.203 e. The predicted octanol–water partition coefficient (Wildman–Crippen LogP) is 2.96. The highest BCUT2D eigenvalue weighted by Crippen LogP contribution is 2.46. The van der Waals surface area contributed by atoms with Gasteiger partial charge in [0.2, 0.25) is 5.75 Å². The molecule has 0 spiro atoms. The van der Waals surface area contributed by atoms with E-state index in [0.29, 0.717) is 43.3 Å². The van der Waals surface area contributed by atoms with Gasteiger partial charge in [-0.15, -0.1) is 0 Å². The molecule has 0 aromatic heterocycles. The molecule has 2 unspecified atom stereocenters. The van der Waals surface area contributed by atoms with Crippen molar-refractivity contribution in [3.8, 4) is 17.2 Å². The molecular formula is C23H29NO5. The molecule has 2 aliphatic heterocycles. The molecule has 2 atom stereocenters. The minimum atomic E-state index is -0.973. The second-order valence-corrected chi connectivity index (χ2v) is 7.86. The van der Waals surface area contributed by atoms with Crippen LogP contribution in [0.1, 0.15) is 24.0 Å². The third-order valence-electron chi connectivity index (χ3n) is 6.12. The van der Waals surface area contributed by atoms with E-state index in [9.17, 15) is 5.11 Å². The fourth-order valence-corrected chi connectivity index (χ4v) is 4.68. The number of rotatable bonds is 6. The maximum absolute atomic E-state index is 11.7. The van der Waals surface area contributed by atoms with Gasteiger partial charge in [0.1, 0.15) is 0 Å². The topological polar surface area (TPSA) is 60.4 Å². The third kappa shape index (κ3) is 3.80. The van der Waals surface area contributed by atoms with Crippen LogP contribution in [0.25, 0.3) is 0 Å². The van der Waals surface area contributed by atoms with Gasteiger partial charge < -0.3 is 24.1 Å². The van der Waals surface area contributed by atoms with Crippen LogP contribution in [0.15, 0.2) is 42.5 Å². The van der Waals surface area contributed by atoms with Gasteiger partial charge in [0.15, 0.2) is 11.5 Å². The van der Waals surface area contributed by atoms with Crippen LogP contribution in [-0.2, 0) is 16.9 Å². The Morgan fingerprint density at radius 2 is 1.55 bits per heavy atom. The summed E-state index contributed by atoms with van der Waals surface area (Å²) in [5, 5.41) is 11.7. The molecule has 6 heteroatoms. The number of hydrogen-bond donors (Lipinski definition) is 1. The molecule has 0 amide bonds. The van der Waals surface area contributed by atoms with Gasteiger partial charge in [-0.1, -0.05) is 30.3 Å². The third-order valence-corrected chi connectivity index (χ3v) is 6.12. The Labute approximate surface area is 171 Å². The van der Waals surface area contributed by atoms with Crippen LogP contribution in [0.3, 0.4) is 0 Å². The summed E-state index contributed by atoms with van der Waals surface area (Å²) in [5.41, 5.74) is 1.10. The molecule has 2 saturated heterocycles. The molecule has 4 rings (SSSR count). The molecule has 0 saturated carbocycles. The Morgan fingerprint density at radius 1 is 0.966 bits per heavy atom.